The van der Waals surface area contributed by atoms with Crippen molar-refractivity contribution in [3.8, 4) is 0 Å². The highest BCUT2D eigenvalue weighted by molar-refractivity contribution is 7.71. The number of aliphatic hydroxyl groups excluding tert-OH is 2. The summed E-state index contributed by atoms with van der Waals surface area (Å²) in [5.41, 5.74) is -1.18. The maximum atomic E-state index is 13.3. The molecule has 4 unspecified atom stereocenters. The van der Waals surface area contributed by atoms with Crippen molar-refractivity contribution in [1.29, 1.82) is 0 Å². The molecule has 2 rings (SSSR count). The fraction of sp³-hybridized carbons (Fsp3) is 0.600. The molecule has 1 aliphatic rings. The van der Waals surface area contributed by atoms with E-state index in [1.54, 1.807) is 0 Å². The first kappa shape index (κ1) is 16.1. The summed E-state index contributed by atoms with van der Waals surface area (Å²) < 4.78 is 57.3. The summed E-state index contributed by atoms with van der Waals surface area (Å²) >= 11 is 4.67. The van der Waals surface area contributed by atoms with Crippen molar-refractivity contribution in [3.63, 3.8) is 0 Å². The fourth-order valence-electron chi connectivity index (χ4n) is 2.14. The Labute approximate surface area is 119 Å². The van der Waals surface area contributed by atoms with Crippen LogP contribution in [0.15, 0.2) is 11.0 Å². The summed E-state index contributed by atoms with van der Waals surface area (Å²) in [4.78, 5) is 12.9. The van der Waals surface area contributed by atoms with Gasteiger partial charge in [-0.2, -0.15) is 17.6 Å². The van der Waals surface area contributed by atoms with Crippen molar-refractivity contribution in [2.45, 2.75) is 24.6 Å². The van der Waals surface area contributed by atoms with Crippen LogP contribution in [-0.4, -0.2) is 44.8 Å². The quantitative estimate of drug-likeness (QED) is 0.542. The van der Waals surface area contributed by atoms with Crippen molar-refractivity contribution in [3.05, 3.63) is 27.1 Å². The van der Waals surface area contributed by atoms with Crippen LogP contribution < -0.4 is 5.56 Å². The summed E-state index contributed by atoms with van der Waals surface area (Å²) in [6.45, 7) is -0.858. The number of nitrogens with zero attached hydrogens (tertiary/aromatic N) is 1. The zero-order valence-corrected chi connectivity index (χ0v) is 11.0. The number of aromatic amines is 1. The highest BCUT2D eigenvalue weighted by atomic mass is 32.1. The van der Waals surface area contributed by atoms with Crippen LogP contribution in [0.2, 0.25) is 0 Å². The number of hydrogen-bond acceptors (Lipinski definition) is 5. The Morgan fingerprint density at radius 1 is 1.48 bits per heavy atom. The number of H-pyrrole nitrogens is 1. The minimum atomic E-state index is -4.88. The standard InChI is InChI=1S/C10H10F4N2O4S/c11-3-1-16(9(21)15-7(3)19)8-5(10(12,13)14)6(18)4(2-17)20-8/h1,4-6,8,17-18H,2H2,(H,15,19,21). The number of hydrogen-bond donors (Lipinski definition) is 3. The van der Waals surface area contributed by atoms with Crippen LogP contribution in [0, 0.1) is 16.5 Å². The van der Waals surface area contributed by atoms with E-state index in [2.05, 4.69) is 12.2 Å². The molecule has 0 bridgehead atoms. The molecule has 1 fully saturated rings. The van der Waals surface area contributed by atoms with Crippen LogP contribution in [0.25, 0.3) is 0 Å². The van der Waals surface area contributed by atoms with Gasteiger partial charge in [0.05, 0.1) is 18.9 Å². The average Bonchev–Trinajstić information content (AvgIpc) is 2.70. The van der Waals surface area contributed by atoms with Gasteiger partial charge in [-0.05, 0) is 12.2 Å². The molecule has 2 heterocycles. The van der Waals surface area contributed by atoms with Crippen LogP contribution in [-0.2, 0) is 4.74 Å². The number of ether oxygens (including phenoxy) is 1. The van der Waals surface area contributed by atoms with Crippen LogP contribution in [0.5, 0.6) is 0 Å². The third-order valence-corrected chi connectivity index (χ3v) is 3.44. The maximum absolute atomic E-state index is 13.3. The Kier molecular flexibility index (Phi) is 4.19. The maximum Gasteiger partial charge on any atom is 0.398 e. The Morgan fingerprint density at radius 2 is 2.10 bits per heavy atom. The van der Waals surface area contributed by atoms with E-state index < -0.39 is 53.3 Å². The lowest BCUT2D eigenvalue weighted by molar-refractivity contribution is -0.211. The minimum absolute atomic E-state index is 0.469. The van der Waals surface area contributed by atoms with Gasteiger partial charge in [0.2, 0.25) is 5.82 Å². The molecule has 1 aromatic heterocycles. The number of aliphatic hydroxyl groups is 2. The molecular weight excluding hydrogens is 320 g/mol. The van der Waals surface area contributed by atoms with Gasteiger partial charge in [-0.15, -0.1) is 0 Å². The Hall–Kier alpha value is -1.30. The second kappa shape index (κ2) is 5.48. The molecule has 0 spiro atoms. The van der Waals surface area contributed by atoms with Gasteiger partial charge in [0.15, 0.2) is 11.0 Å². The van der Waals surface area contributed by atoms with Gasteiger partial charge in [0, 0.05) is 0 Å². The van der Waals surface area contributed by atoms with Crippen molar-refractivity contribution < 1.29 is 32.5 Å². The lowest BCUT2D eigenvalue weighted by Crippen LogP contribution is -2.39. The first-order valence-electron chi connectivity index (χ1n) is 5.69. The van der Waals surface area contributed by atoms with Crippen LogP contribution in [0.1, 0.15) is 6.23 Å². The van der Waals surface area contributed by atoms with E-state index in [1.807, 2.05) is 4.98 Å². The molecule has 0 amide bonds. The van der Waals surface area contributed by atoms with Gasteiger partial charge >= 0.3 is 6.18 Å². The monoisotopic (exact) mass is 330 g/mol. The van der Waals surface area contributed by atoms with Crippen LogP contribution >= 0.6 is 12.2 Å². The number of halogens is 4. The number of rotatable bonds is 2. The molecule has 21 heavy (non-hydrogen) atoms. The topological polar surface area (TPSA) is 87.5 Å². The van der Waals surface area contributed by atoms with E-state index in [0.29, 0.717) is 10.8 Å². The molecule has 4 atom stereocenters. The van der Waals surface area contributed by atoms with Crippen LogP contribution in [0.3, 0.4) is 0 Å². The Balaban J connectivity index is 2.53. The molecule has 6 nitrogen and oxygen atoms in total. The highest BCUT2D eigenvalue weighted by Gasteiger charge is 2.58. The third-order valence-electron chi connectivity index (χ3n) is 3.13. The zero-order valence-electron chi connectivity index (χ0n) is 10.2. The lowest BCUT2D eigenvalue weighted by atomic mass is 9.99. The molecule has 1 aliphatic heterocycles. The molecule has 11 heteroatoms. The Morgan fingerprint density at radius 3 is 2.62 bits per heavy atom. The largest absolute Gasteiger partial charge is 0.398 e. The van der Waals surface area contributed by atoms with E-state index >= 15 is 0 Å². The van der Waals surface area contributed by atoms with Crippen molar-refractivity contribution in [1.82, 2.24) is 9.55 Å². The van der Waals surface area contributed by atoms with Crippen molar-refractivity contribution >= 4 is 12.2 Å². The second-order valence-electron chi connectivity index (χ2n) is 4.45. The van der Waals surface area contributed by atoms with Crippen molar-refractivity contribution in [2.75, 3.05) is 6.61 Å². The molecule has 1 saturated heterocycles. The first-order valence-corrected chi connectivity index (χ1v) is 6.09. The number of nitrogens with one attached hydrogen (secondary N) is 1. The van der Waals surface area contributed by atoms with Gasteiger partial charge in [-0.25, -0.2) is 0 Å². The second-order valence-corrected chi connectivity index (χ2v) is 4.84. The summed E-state index contributed by atoms with van der Waals surface area (Å²) in [5.74, 6) is -3.78. The van der Waals surface area contributed by atoms with Gasteiger partial charge in [0.25, 0.3) is 5.56 Å². The molecule has 0 aliphatic carbocycles. The zero-order chi connectivity index (χ0) is 15.9. The van der Waals surface area contributed by atoms with E-state index in [9.17, 15) is 27.5 Å². The molecule has 0 saturated carbocycles. The van der Waals surface area contributed by atoms with Gasteiger partial charge < -0.3 is 14.9 Å². The molecule has 118 valence electrons. The van der Waals surface area contributed by atoms with E-state index in [4.69, 9.17) is 9.84 Å². The third kappa shape index (κ3) is 2.86. The highest BCUT2D eigenvalue weighted by Crippen LogP contribution is 2.44. The molecule has 0 aromatic carbocycles. The molecular formula is C10H10F4N2O4S. The molecule has 1 aromatic rings. The SMILES string of the molecule is O=c1[nH]c(=S)n(C2OC(CO)C(O)C2C(F)(F)F)cc1F. The average molecular weight is 330 g/mol. The number of aromatic nitrogens is 2. The Bertz CT molecular complexity index is 643. The van der Waals surface area contributed by atoms with E-state index in [1.165, 1.54) is 0 Å². The van der Waals surface area contributed by atoms with E-state index in [-0.39, 0.29) is 0 Å². The van der Waals surface area contributed by atoms with Crippen molar-refractivity contribution in [2.24, 2.45) is 5.92 Å². The van der Waals surface area contributed by atoms with Crippen LogP contribution in [0.4, 0.5) is 17.6 Å². The smallest absolute Gasteiger partial charge is 0.394 e. The van der Waals surface area contributed by atoms with Gasteiger partial charge in [0.1, 0.15) is 12.0 Å². The van der Waals surface area contributed by atoms with Gasteiger partial charge in [-0.1, -0.05) is 0 Å². The minimum Gasteiger partial charge on any atom is -0.394 e. The predicted molar refractivity (Wildman–Crippen MR) is 62.4 cm³/mol. The fourth-order valence-corrected chi connectivity index (χ4v) is 2.39. The normalized spacial score (nSPS) is 29.8. The number of alkyl halides is 3. The molecule has 3 N–H and O–H groups in total. The molecule has 0 radical (unpaired) electrons. The summed E-state index contributed by atoms with van der Waals surface area (Å²) in [7, 11) is 0. The summed E-state index contributed by atoms with van der Waals surface area (Å²) in [6.07, 6.45) is -9.85. The summed E-state index contributed by atoms with van der Waals surface area (Å²) in [5, 5.41) is 18.5. The predicted octanol–water partition coefficient (Wildman–Crippen LogP) is 0.474. The lowest BCUT2D eigenvalue weighted by Gasteiger charge is -2.24. The summed E-state index contributed by atoms with van der Waals surface area (Å²) in [6, 6.07) is 0. The first-order chi connectivity index (χ1) is 9.66. The van der Waals surface area contributed by atoms with E-state index in [0.717, 1.165) is 0 Å². The van der Waals surface area contributed by atoms with Gasteiger partial charge in [-0.3, -0.25) is 14.3 Å².